The molecule has 0 radical (unpaired) electrons. The van der Waals surface area contributed by atoms with Crippen LogP contribution in [-0.4, -0.2) is 23.5 Å². The number of thiophene rings is 2. The Morgan fingerprint density at radius 3 is 2.72 bits per heavy atom. The monoisotopic (exact) mass is 283 g/mol. The fraction of sp³-hybridized carbons (Fsp3) is 0.333. The van der Waals surface area contributed by atoms with Crippen molar-refractivity contribution in [1.29, 1.82) is 0 Å². The summed E-state index contributed by atoms with van der Waals surface area (Å²) in [6.45, 7) is 3.29. The molecular formula is C12H13NO3S2. The Hall–Kier alpha value is -1.40. The second-order valence-corrected chi connectivity index (χ2v) is 6.66. The molecule has 2 heterocycles. The van der Waals surface area contributed by atoms with Crippen LogP contribution in [0, 0.1) is 5.41 Å². The molecule has 18 heavy (non-hydrogen) atoms. The summed E-state index contributed by atoms with van der Waals surface area (Å²) in [6, 6.07) is 3.82. The lowest BCUT2D eigenvalue weighted by Gasteiger charge is -2.19. The molecule has 4 nitrogen and oxygen atoms in total. The Morgan fingerprint density at radius 1 is 1.39 bits per heavy atom. The van der Waals surface area contributed by atoms with Gasteiger partial charge in [-0.05, 0) is 31.4 Å². The summed E-state index contributed by atoms with van der Waals surface area (Å²) < 4.78 is 2.17. The number of hydrogen-bond acceptors (Lipinski definition) is 4. The first-order valence-corrected chi connectivity index (χ1v) is 7.08. The normalized spacial score (nSPS) is 11.7. The van der Waals surface area contributed by atoms with E-state index in [-0.39, 0.29) is 12.5 Å². The van der Waals surface area contributed by atoms with Crippen molar-refractivity contribution >= 4 is 43.9 Å². The van der Waals surface area contributed by atoms with Gasteiger partial charge in [-0.25, -0.2) is 0 Å². The van der Waals surface area contributed by atoms with Crippen LogP contribution in [0.1, 0.15) is 23.5 Å². The minimum absolute atomic E-state index is 0.118. The van der Waals surface area contributed by atoms with Crippen molar-refractivity contribution in [3.8, 4) is 0 Å². The number of rotatable bonds is 4. The Labute approximate surface area is 112 Å². The molecular weight excluding hydrogens is 270 g/mol. The second-order valence-electron chi connectivity index (χ2n) is 4.63. The number of hydrogen-bond donors (Lipinski definition) is 2. The van der Waals surface area contributed by atoms with E-state index in [0.29, 0.717) is 4.88 Å². The van der Waals surface area contributed by atoms with Gasteiger partial charge in [0.05, 0.1) is 10.3 Å². The van der Waals surface area contributed by atoms with Crippen LogP contribution in [0.2, 0.25) is 0 Å². The Bertz CT molecular complexity index is 569. The fourth-order valence-electron chi connectivity index (χ4n) is 1.34. The molecule has 2 N–H and O–H groups in total. The molecule has 0 saturated heterocycles. The van der Waals surface area contributed by atoms with E-state index in [1.54, 1.807) is 25.2 Å². The van der Waals surface area contributed by atoms with Crippen molar-refractivity contribution in [2.24, 2.45) is 5.41 Å². The summed E-state index contributed by atoms with van der Waals surface area (Å²) in [4.78, 5) is 23.4. The van der Waals surface area contributed by atoms with Crippen molar-refractivity contribution in [3.63, 3.8) is 0 Å². The maximum Gasteiger partial charge on any atom is 0.310 e. The summed E-state index contributed by atoms with van der Waals surface area (Å²) in [6.07, 6.45) is 0. The lowest BCUT2D eigenvalue weighted by atomic mass is 9.94. The summed E-state index contributed by atoms with van der Waals surface area (Å²) in [5, 5.41) is 13.6. The molecule has 0 unspecified atom stereocenters. The molecule has 0 atom stereocenters. The van der Waals surface area contributed by atoms with E-state index in [1.807, 2.05) is 17.5 Å². The minimum Gasteiger partial charge on any atom is -0.481 e. The van der Waals surface area contributed by atoms with Gasteiger partial charge in [-0.15, -0.1) is 22.7 Å². The quantitative estimate of drug-likeness (QED) is 0.906. The predicted octanol–water partition coefficient (Wildman–Crippen LogP) is 2.80. The molecule has 2 aromatic heterocycles. The van der Waals surface area contributed by atoms with Crippen LogP contribution in [0.25, 0.3) is 9.40 Å². The first-order chi connectivity index (χ1) is 8.40. The molecule has 0 aliphatic heterocycles. The summed E-state index contributed by atoms with van der Waals surface area (Å²) in [5.74, 6) is -1.13. The van der Waals surface area contributed by atoms with Gasteiger partial charge in [0, 0.05) is 15.9 Å². The summed E-state index contributed by atoms with van der Waals surface area (Å²) in [5.41, 5.74) is -0.954. The zero-order chi connectivity index (χ0) is 13.3. The number of aliphatic carboxylic acids is 1. The molecule has 2 rings (SSSR count). The van der Waals surface area contributed by atoms with Crippen LogP contribution < -0.4 is 5.32 Å². The van der Waals surface area contributed by atoms with Gasteiger partial charge in [0.15, 0.2) is 0 Å². The maximum atomic E-state index is 11.9. The predicted molar refractivity (Wildman–Crippen MR) is 73.5 cm³/mol. The van der Waals surface area contributed by atoms with E-state index in [9.17, 15) is 9.59 Å². The Kier molecular flexibility index (Phi) is 3.41. The topological polar surface area (TPSA) is 66.4 Å². The van der Waals surface area contributed by atoms with Gasteiger partial charge in [0.1, 0.15) is 0 Å². The number of carboxylic acid groups (broad SMARTS) is 1. The third-order valence-electron chi connectivity index (χ3n) is 2.63. The number of carbonyl (C=O) groups is 2. The molecule has 0 aromatic carbocycles. The Morgan fingerprint density at radius 2 is 2.11 bits per heavy atom. The second kappa shape index (κ2) is 4.70. The molecule has 0 spiro atoms. The van der Waals surface area contributed by atoms with Gasteiger partial charge in [-0.1, -0.05) is 0 Å². The molecule has 0 aliphatic rings. The lowest BCUT2D eigenvalue weighted by molar-refractivity contribution is -0.146. The number of nitrogens with one attached hydrogen (secondary N) is 1. The molecule has 96 valence electrons. The van der Waals surface area contributed by atoms with Crippen molar-refractivity contribution < 1.29 is 14.7 Å². The highest BCUT2D eigenvalue weighted by Gasteiger charge is 2.27. The van der Waals surface area contributed by atoms with Gasteiger partial charge in [-0.2, -0.15) is 0 Å². The maximum absolute atomic E-state index is 11.9. The van der Waals surface area contributed by atoms with Crippen LogP contribution in [0.5, 0.6) is 0 Å². The third-order valence-corrected chi connectivity index (χ3v) is 4.73. The standard InChI is InChI=1S/C12H13NO3S2/c1-12(2,11(15)16)6-13-10(14)9-5-8-7(18-9)3-4-17-8/h3-5H,6H2,1-2H3,(H,13,14)(H,15,16). The van der Waals surface area contributed by atoms with Gasteiger partial charge < -0.3 is 10.4 Å². The van der Waals surface area contributed by atoms with Crippen LogP contribution in [0.3, 0.4) is 0 Å². The highest BCUT2D eigenvalue weighted by molar-refractivity contribution is 7.27. The van der Waals surface area contributed by atoms with E-state index in [1.165, 1.54) is 11.3 Å². The first-order valence-electron chi connectivity index (χ1n) is 5.39. The number of carbonyl (C=O) groups excluding carboxylic acids is 1. The highest BCUT2D eigenvalue weighted by atomic mass is 32.1. The largest absolute Gasteiger partial charge is 0.481 e. The Balaban J connectivity index is 2.05. The molecule has 0 bridgehead atoms. The summed E-state index contributed by atoms with van der Waals surface area (Å²) >= 11 is 3.01. The molecule has 0 aliphatic carbocycles. The average molecular weight is 283 g/mol. The van der Waals surface area contributed by atoms with E-state index < -0.39 is 11.4 Å². The van der Waals surface area contributed by atoms with E-state index in [4.69, 9.17) is 5.11 Å². The third kappa shape index (κ3) is 2.54. The van der Waals surface area contributed by atoms with Gasteiger partial charge >= 0.3 is 5.97 Å². The molecule has 2 aromatic rings. The van der Waals surface area contributed by atoms with E-state index in [0.717, 1.165) is 9.40 Å². The zero-order valence-electron chi connectivity index (χ0n) is 10.0. The minimum atomic E-state index is -0.954. The van der Waals surface area contributed by atoms with Gasteiger partial charge in [0.25, 0.3) is 5.91 Å². The number of fused-ring (bicyclic) bond motifs is 1. The SMILES string of the molecule is CC(C)(CNC(=O)c1cc2sccc2s1)C(=O)O. The van der Waals surface area contributed by atoms with Crippen LogP contribution in [0.4, 0.5) is 0 Å². The molecule has 0 saturated carbocycles. The highest BCUT2D eigenvalue weighted by Crippen LogP contribution is 2.29. The zero-order valence-corrected chi connectivity index (χ0v) is 11.7. The van der Waals surface area contributed by atoms with Gasteiger partial charge in [0.2, 0.25) is 0 Å². The number of amides is 1. The van der Waals surface area contributed by atoms with Crippen molar-refractivity contribution in [2.75, 3.05) is 6.54 Å². The van der Waals surface area contributed by atoms with Crippen molar-refractivity contribution in [3.05, 3.63) is 22.4 Å². The van der Waals surface area contributed by atoms with Crippen LogP contribution in [0.15, 0.2) is 17.5 Å². The first kappa shape index (κ1) is 13.0. The number of carboxylic acids is 1. The smallest absolute Gasteiger partial charge is 0.310 e. The molecule has 0 fully saturated rings. The molecule has 6 heteroatoms. The lowest BCUT2D eigenvalue weighted by Crippen LogP contribution is -2.38. The average Bonchev–Trinajstić information content (AvgIpc) is 2.85. The van der Waals surface area contributed by atoms with E-state index in [2.05, 4.69) is 5.32 Å². The van der Waals surface area contributed by atoms with Crippen LogP contribution in [-0.2, 0) is 4.79 Å². The van der Waals surface area contributed by atoms with Crippen molar-refractivity contribution in [2.45, 2.75) is 13.8 Å². The van der Waals surface area contributed by atoms with Crippen LogP contribution >= 0.6 is 22.7 Å². The van der Waals surface area contributed by atoms with E-state index >= 15 is 0 Å². The van der Waals surface area contributed by atoms with Crippen molar-refractivity contribution in [1.82, 2.24) is 5.32 Å². The molecule has 1 amide bonds. The summed E-state index contributed by atoms with van der Waals surface area (Å²) in [7, 11) is 0. The fourth-order valence-corrected chi connectivity index (χ4v) is 3.37. The van der Waals surface area contributed by atoms with Gasteiger partial charge in [-0.3, -0.25) is 9.59 Å².